The average Bonchev–Trinajstić information content (AvgIpc) is 2.42. The van der Waals surface area contributed by atoms with Crippen LogP contribution in [0.3, 0.4) is 0 Å². The van der Waals surface area contributed by atoms with Gasteiger partial charge in [0.25, 0.3) is 0 Å². The van der Waals surface area contributed by atoms with Crippen LogP contribution >= 0.6 is 0 Å². The van der Waals surface area contributed by atoms with Crippen molar-refractivity contribution in [3.63, 3.8) is 0 Å². The second kappa shape index (κ2) is 10.7. The minimum Gasteiger partial charge on any atom is -0.377 e. The molecule has 0 fully saturated rings. The zero-order valence-corrected chi connectivity index (χ0v) is 10.8. The van der Waals surface area contributed by atoms with Crippen LogP contribution in [0.5, 0.6) is 0 Å². The summed E-state index contributed by atoms with van der Waals surface area (Å²) in [6, 6.07) is 10.2. The first kappa shape index (κ1) is 14.6. The van der Waals surface area contributed by atoms with E-state index in [1.807, 2.05) is 18.2 Å². The Bertz CT molecular complexity index is 345. The number of ether oxygens (including phenoxy) is 1. The fraction of sp³-hybridized carbons (Fsp3) is 0.533. The van der Waals surface area contributed by atoms with Crippen molar-refractivity contribution in [2.75, 3.05) is 13.2 Å². The first-order valence-corrected chi connectivity index (χ1v) is 6.59. The average molecular weight is 247 g/mol. The van der Waals surface area contributed by atoms with E-state index in [0.29, 0.717) is 13.2 Å². The number of benzene rings is 1. The number of unbranched alkanes of at least 4 members (excludes halogenated alkanes) is 4. The molecule has 0 amide bonds. The maximum Gasteiger partial charge on any atom is 0.234 e. The molecular formula is C15H21NO2. The highest BCUT2D eigenvalue weighted by molar-refractivity contribution is 5.32. The van der Waals surface area contributed by atoms with Gasteiger partial charge in [0, 0.05) is 6.61 Å². The molecule has 0 spiro atoms. The Morgan fingerprint density at radius 2 is 1.72 bits per heavy atom. The molecule has 1 aromatic rings. The molecule has 0 aliphatic heterocycles. The van der Waals surface area contributed by atoms with Crippen LogP contribution in [0.15, 0.2) is 35.3 Å². The van der Waals surface area contributed by atoms with Crippen LogP contribution in [0.25, 0.3) is 0 Å². The molecular weight excluding hydrogens is 226 g/mol. The van der Waals surface area contributed by atoms with Gasteiger partial charge >= 0.3 is 0 Å². The van der Waals surface area contributed by atoms with Crippen LogP contribution in [0.2, 0.25) is 0 Å². The molecule has 0 saturated heterocycles. The van der Waals surface area contributed by atoms with Gasteiger partial charge in [0.15, 0.2) is 0 Å². The predicted molar refractivity (Wildman–Crippen MR) is 72.2 cm³/mol. The number of carbonyl (C=O) groups excluding carboxylic acids is 1. The molecule has 0 aliphatic rings. The van der Waals surface area contributed by atoms with E-state index in [1.165, 1.54) is 18.4 Å². The third-order valence-corrected chi connectivity index (χ3v) is 2.73. The number of aliphatic imine (C=N–C) groups is 1. The zero-order chi connectivity index (χ0) is 12.9. The molecule has 1 aromatic carbocycles. The maximum absolute atomic E-state index is 9.82. The molecule has 0 saturated carbocycles. The lowest BCUT2D eigenvalue weighted by Crippen LogP contribution is -1.95. The summed E-state index contributed by atoms with van der Waals surface area (Å²) >= 11 is 0. The maximum atomic E-state index is 9.82. The molecule has 98 valence electrons. The molecule has 0 aliphatic carbocycles. The highest BCUT2D eigenvalue weighted by Crippen LogP contribution is 2.05. The summed E-state index contributed by atoms with van der Waals surface area (Å²) in [7, 11) is 0. The van der Waals surface area contributed by atoms with Crippen LogP contribution in [0.1, 0.15) is 37.7 Å². The lowest BCUT2D eigenvalue weighted by Gasteiger charge is -2.04. The first-order chi connectivity index (χ1) is 8.93. The smallest absolute Gasteiger partial charge is 0.234 e. The lowest BCUT2D eigenvalue weighted by atomic mass is 10.1. The Morgan fingerprint density at radius 3 is 2.50 bits per heavy atom. The van der Waals surface area contributed by atoms with E-state index in [4.69, 9.17) is 4.74 Å². The van der Waals surface area contributed by atoms with E-state index < -0.39 is 0 Å². The first-order valence-electron chi connectivity index (χ1n) is 6.59. The van der Waals surface area contributed by atoms with Gasteiger partial charge in [0.2, 0.25) is 6.08 Å². The molecule has 0 heterocycles. The number of hydrogen-bond donors (Lipinski definition) is 0. The predicted octanol–water partition coefficient (Wildman–Crippen LogP) is 3.49. The van der Waals surface area contributed by atoms with E-state index >= 15 is 0 Å². The minimum atomic E-state index is 0.619. The summed E-state index contributed by atoms with van der Waals surface area (Å²) in [5.41, 5.74) is 1.23. The van der Waals surface area contributed by atoms with Gasteiger partial charge in [0.1, 0.15) is 0 Å². The standard InChI is InChI=1S/C15H21NO2/c17-14-16-11-7-2-1-3-8-12-18-13-15-9-5-4-6-10-15/h4-6,9-10H,1-3,7-8,11-13H2. The molecule has 18 heavy (non-hydrogen) atoms. The van der Waals surface area contributed by atoms with E-state index in [0.717, 1.165) is 25.9 Å². The van der Waals surface area contributed by atoms with Crippen molar-refractivity contribution in [2.24, 2.45) is 4.99 Å². The Kier molecular flexibility index (Phi) is 8.69. The van der Waals surface area contributed by atoms with Crippen molar-refractivity contribution in [3.8, 4) is 0 Å². The fourth-order valence-electron chi connectivity index (χ4n) is 1.74. The van der Waals surface area contributed by atoms with Gasteiger partial charge in [-0.2, -0.15) is 0 Å². The molecule has 3 nitrogen and oxygen atoms in total. The van der Waals surface area contributed by atoms with Gasteiger partial charge in [-0.1, -0.05) is 49.6 Å². The van der Waals surface area contributed by atoms with Gasteiger partial charge in [-0.3, -0.25) is 0 Å². The highest BCUT2D eigenvalue weighted by atomic mass is 16.5. The number of rotatable bonds is 10. The van der Waals surface area contributed by atoms with Crippen LogP contribution in [-0.2, 0) is 16.1 Å². The summed E-state index contributed by atoms with van der Waals surface area (Å²) < 4.78 is 5.59. The fourth-order valence-corrected chi connectivity index (χ4v) is 1.74. The summed E-state index contributed by atoms with van der Waals surface area (Å²) in [5, 5.41) is 0. The van der Waals surface area contributed by atoms with Gasteiger partial charge in [-0.15, -0.1) is 0 Å². The van der Waals surface area contributed by atoms with Crippen LogP contribution < -0.4 is 0 Å². The SMILES string of the molecule is O=C=NCCCCCCCOCc1ccccc1. The van der Waals surface area contributed by atoms with Crippen LogP contribution in [-0.4, -0.2) is 19.2 Å². The van der Waals surface area contributed by atoms with Crippen molar-refractivity contribution in [2.45, 2.75) is 38.7 Å². The quantitative estimate of drug-likeness (QED) is 0.360. The van der Waals surface area contributed by atoms with Crippen LogP contribution in [0.4, 0.5) is 0 Å². The van der Waals surface area contributed by atoms with Crippen molar-refractivity contribution in [1.82, 2.24) is 0 Å². The van der Waals surface area contributed by atoms with E-state index in [2.05, 4.69) is 17.1 Å². The Labute approximate surface area is 109 Å². The second-order valence-corrected chi connectivity index (χ2v) is 4.28. The summed E-state index contributed by atoms with van der Waals surface area (Å²) in [6.45, 7) is 2.14. The number of hydrogen-bond acceptors (Lipinski definition) is 3. The Morgan fingerprint density at radius 1 is 1.00 bits per heavy atom. The zero-order valence-electron chi connectivity index (χ0n) is 10.8. The molecule has 0 atom stereocenters. The van der Waals surface area contributed by atoms with E-state index in [-0.39, 0.29) is 0 Å². The van der Waals surface area contributed by atoms with Crippen molar-refractivity contribution in [1.29, 1.82) is 0 Å². The lowest BCUT2D eigenvalue weighted by molar-refractivity contribution is 0.116. The summed E-state index contributed by atoms with van der Waals surface area (Å²) in [4.78, 5) is 13.3. The Balaban J connectivity index is 1.86. The third-order valence-electron chi connectivity index (χ3n) is 2.73. The molecule has 0 radical (unpaired) electrons. The molecule has 0 unspecified atom stereocenters. The second-order valence-electron chi connectivity index (χ2n) is 4.28. The normalized spacial score (nSPS) is 10.0. The van der Waals surface area contributed by atoms with Crippen LogP contribution in [0, 0.1) is 0 Å². The molecule has 0 N–H and O–H groups in total. The largest absolute Gasteiger partial charge is 0.377 e. The molecule has 3 heteroatoms. The molecule has 0 aromatic heterocycles. The topological polar surface area (TPSA) is 38.7 Å². The summed E-state index contributed by atoms with van der Waals surface area (Å²) in [5.74, 6) is 0. The van der Waals surface area contributed by atoms with Gasteiger partial charge < -0.3 is 4.74 Å². The summed E-state index contributed by atoms with van der Waals surface area (Å²) in [6.07, 6.45) is 7.14. The third kappa shape index (κ3) is 7.77. The van der Waals surface area contributed by atoms with Crippen molar-refractivity contribution >= 4 is 6.08 Å². The molecule has 0 bridgehead atoms. The van der Waals surface area contributed by atoms with E-state index in [1.54, 1.807) is 6.08 Å². The monoisotopic (exact) mass is 247 g/mol. The van der Waals surface area contributed by atoms with Crippen molar-refractivity contribution in [3.05, 3.63) is 35.9 Å². The van der Waals surface area contributed by atoms with Gasteiger partial charge in [0.05, 0.1) is 13.2 Å². The molecule has 1 rings (SSSR count). The van der Waals surface area contributed by atoms with Gasteiger partial charge in [-0.25, -0.2) is 9.79 Å². The number of isocyanates is 1. The van der Waals surface area contributed by atoms with E-state index in [9.17, 15) is 4.79 Å². The Hall–Kier alpha value is -1.44. The number of nitrogens with zero attached hydrogens (tertiary/aromatic N) is 1. The minimum absolute atomic E-state index is 0.619. The highest BCUT2D eigenvalue weighted by Gasteiger charge is 1.93. The van der Waals surface area contributed by atoms with Gasteiger partial charge in [-0.05, 0) is 18.4 Å². The van der Waals surface area contributed by atoms with Crippen molar-refractivity contribution < 1.29 is 9.53 Å².